The zero-order valence-corrected chi connectivity index (χ0v) is 19.5. The van der Waals surface area contributed by atoms with E-state index in [9.17, 15) is 9.59 Å². The lowest BCUT2D eigenvalue weighted by Crippen LogP contribution is -2.54. The molecule has 0 aliphatic carbocycles. The van der Waals surface area contributed by atoms with Crippen LogP contribution in [0.25, 0.3) is 0 Å². The fourth-order valence-electron chi connectivity index (χ4n) is 3.08. The van der Waals surface area contributed by atoms with Crippen LogP contribution in [-0.2, 0) is 16.1 Å². The van der Waals surface area contributed by atoms with Gasteiger partial charge in [0.1, 0.15) is 17.5 Å². The fraction of sp³-hybridized carbons (Fsp3) is 0.417. The lowest BCUT2D eigenvalue weighted by atomic mass is 10.1. The molecule has 2 aromatic rings. The Balaban J connectivity index is 2.22. The summed E-state index contributed by atoms with van der Waals surface area (Å²) in [4.78, 5) is 27.7. The summed E-state index contributed by atoms with van der Waals surface area (Å²) in [6, 6.07) is 13.6. The van der Waals surface area contributed by atoms with Crippen molar-refractivity contribution >= 4 is 23.4 Å². The number of rotatable bonds is 9. The SMILES string of the molecule is CC[C@H](C(=O)NC(C)(C)C)N(Cc1ccccc1Cl)C(=O)COc1ccc(OC)cc1. The van der Waals surface area contributed by atoms with Crippen molar-refractivity contribution in [2.45, 2.75) is 52.2 Å². The van der Waals surface area contributed by atoms with Crippen molar-refractivity contribution in [1.29, 1.82) is 0 Å². The number of hydrogen-bond donors (Lipinski definition) is 1. The zero-order chi connectivity index (χ0) is 23.0. The van der Waals surface area contributed by atoms with Gasteiger partial charge in [-0.05, 0) is 63.1 Å². The second-order valence-corrected chi connectivity index (χ2v) is 8.65. The molecule has 0 fully saturated rings. The van der Waals surface area contributed by atoms with Gasteiger partial charge in [-0.15, -0.1) is 0 Å². The summed E-state index contributed by atoms with van der Waals surface area (Å²) < 4.78 is 10.8. The highest BCUT2D eigenvalue weighted by atomic mass is 35.5. The van der Waals surface area contributed by atoms with Crippen LogP contribution in [0.5, 0.6) is 11.5 Å². The average molecular weight is 447 g/mol. The number of carbonyl (C=O) groups is 2. The predicted molar refractivity (Wildman–Crippen MR) is 122 cm³/mol. The molecule has 0 heterocycles. The molecular formula is C24H31ClN2O4. The molecule has 1 atom stereocenters. The van der Waals surface area contributed by atoms with Crippen molar-refractivity contribution in [3.05, 3.63) is 59.1 Å². The lowest BCUT2D eigenvalue weighted by Gasteiger charge is -2.33. The van der Waals surface area contributed by atoms with Crippen LogP contribution in [0.15, 0.2) is 48.5 Å². The second-order valence-electron chi connectivity index (χ2n) is 8.24. The third kappa shape index (κ3) is 7.47. The number of nitrogens with zero attached hydrogens (tertiary/aromatic N) is 1. The maximum absolute atomic E-state index is 13.2. The Hall–Kier alpha value is -2.73. The Morgan fingerprint density at radius 1 is 1.06 bits per heavy atom. The molecule has 6 nitrogen and oxygen atoms in total. The van der Waals surface area contributed by atoms with Gasteiger partial charge in [0.2, 0.25) is 5.91 Å². The van der Waals surface area contributed by atoms with E-state index in [0.717, 1.165) is 5.56 Å². The van der Waals surface area contributed by atoms with Crippen LogP contribution in [0, 0.1) is 0 Å². The van der Waals surface area contributed by atoms with Gasteiger partial charge < -0.3 is 19.7 Å². The van der Waals surface area contributed by atoms with E-state index in [1.54, 1.807) is 37.4 Å². The number of halogens is 1. The van der Waals surface area contributed by atoms with Gasteiger partial charge >= 0.3 is 0 Å². The number of benzene rings is 2. The maximum atomic E-state index is 13.2. The van der Waals surface area contributed by atoms with E-state index < -0.39 is 11.6 Å². The van der Waals surface area contributed by atoms with Gasteiger partial charge in [-0.2, -0.15) is 0 Å². The Labute approximate surface area is 189 Å². The van der Waals surface area contributed by atoms with E-state index in [2.05, 4.69) is 5.32 Å². The smallest absolute Gasteiger partial charge is 0.261 e. The van der Waals surface area contributed by atoms with Crippen LogP contribution in [-0.4, -0.2) is 42.0 Å². The molecule has 31 heavy (non-hydrogen) atoms. The van der Waals surface area contributed by atoms with E-state index in [0.29, 0.717) is 22.9 Å². The number of carbonyl (C=O) groups excluding carboxylic acids is 2. The lowest BCUT2D eigenvalue weighted by molar-refractivity contribution is -0.143. The number of amides is 2. The highest BCUT2D eigenvalue weighted by molar-refractivity contribution is 6.31. The highest BCUT2D eigenvalue weighted by Gasteiger charge is 2.31. The summed E-state index contributed by atoms with van der Waals surface area (Å²) in [5.74, 6) is 0.731. The van der Waals surface area contributed by atoms with Crippen LogP contribution >= 0.6 is 11.6 Å². The molecule has 168 valence electrons. The number of nitrogens with one attached hydrogen (secondary N) is 1. The monoisotopic (exact) mass is 446 g/mol. The van der Waals surface area contributed by atoms with Crippen LogP contribution in [0.1, 0.15) is 39.7 Å². The zero-order valence-electron chi connectivity index (χ0n) is 18.8. The minimum Gasteiger partial charge on any atom is -0.497 e. The molecule has 0 unspecified atom stereocenters. The van der Waals surface area contributed by atoms with Gasteiger partial charge in [-0.1, -0.05) is 36.7 Å². The Bertz CT molecular complexity index is 878. The molecule has 2 amide bonds. The van der Waals surface area contributed by atoms with E-state index in [4.69, 9.17) is 21.1 Å². The van der Waals surface area contributed by atoms with E-state index >= 15 is 0 Å². The van der Waals surface area contributed by atoms with Crippen molar-refractivity contribution in [2.75, 3.05) is 13.7 Å². The molecule has 0 saturated carbocycles. The molecule has 2 rings (SSSR count). The van der Waals surface area contributed by atoms with Gasteiger partial charge in [-0.25, -0.2) is 0 Å². The summed E-state index contributed by atoms with van der Waals surface area (Å²) in [6.07, 6.45) is 0.459. The molecule has 0 bridgehead atoms. The molecular weight excluding hydrogens is 416 g/mol. The summed E-state index contributed by atoms with van der Waals surface area (Å²) in [5, 5.41) is 3.52. The van der Waals surface area contributed by atoms with Crippen LogP contribution in [0.3, 0.4) is 0 Å². The number of methoxy groups -OCH3 is 1. The van der Waals surface area contributed by atoms with Gasteiger partial charge in [0.25, 0.3) is 5.91 Å². The van der Waals surface area contributed by atoms with Crippen molar-refractivity contribution in [3.8, 4) is 11.5 Å². The topological polar surface area (TPSA) is 67.9 Å². The van der Waals surface area contributed by atoms with E-state index in [1.807, 2.05) is 45.9 Å². The number of ether oxygens (including phenoxy) is 2. The first-order valence-electron chi connectivity index (χ1n) is 10.3. The van der Waals surface area contributed by atoms with Crippen LogP contribution < -0.4 is 14.8 Å². The van der Waals surface area contributed by atoms with E-state index in [1.165, 1.54) is 4.90 Å². The second kappa shape index (κ2) is 11.0. The Morgan fingerprint density at radius 2 is 1.68 bits per heavy atom. The summed E-state index contributed by atoms with van der Waals surface area (Å²) in [5.41, 5.74) is 0.354. The van der Waals surface area contributed by atoms with Gasteiger partial charge in [-0.3, -0.25) is 9.59 Å². The highest BCUT2D eigenvalue weighted by Crippen LogP contribution is 2.21. The van der Waals surface area contributed by atoms with Crippen molar-refractivity contribution in [1.82, 2.24) is 10.2 Å². The third-order valence-electron chi connectivity index (χ3n) is 4.60. The molecule has 1 N–H and O–H groups in total. The van der Waals surface area contributed by atoms with Crippen LogP contribution in [0.4, 0.5) is 0 Å². The fourth-order valence-corrected chi connectivity index (χ4v) is 3.28. The first-order chi connectivity index (χ1) is 14.6. The minimum absolute atomic E-state index is 0.198. The third-order valence-corrected chi connectivity index (χ3v) is 4.97. The molecule has 7 heteroatoms. The van der Waals surface area contributed by atoms with Crippen molar-refractivity contribution in [3.63, 3.8) is 0 Å². The van der Waals surface area contributed by atoms with Crippen LogP contribution in [0.2, 0.25) is 5.02 Å². The molecule has 0 saturated heterocycles. The van der Waals surface area contributed by atoms with Gasteiger partial charge in [0, 0.05) is 17.1 Å². The summed E-state index contributed by atoms with van der Waals surface area (Å²) in [6.45, 7) is 7.61. The normalized spacial score (nSPS) is 12.1. The van der Waals surface area contributed by atoms with Crippen molar-refractivity contribution in [2.24, 2.45) is 0 Å². The van der Waals surface area contributed by atoms with Crippen molar-refractivity contribution < 1.29 is 19.1 Å². The molecule has 0 spiro atoms. The Kier molecular flexibility index (Phi) is 8.75. The predicted octanol–water partition coefficient (Wildman–Crippen LogP) is 4.45. The largest absolute Gasteiger partial charge is 0.497 e. The first kappa shape index (κ1) is 24.5. The molecule has 0 aromatic heterocycles. The minimum atomic E-state index is -0.650. The van der Waals surface area contributed by atoms with Gasteiger partial charge in [0.15, 0.2) is 6.61 Å². The summed E-state index contributed by atoms with van der Waals surface area (Å²) >= 11 is 6.33. The number of hydrogen-bond acceptors (Lipinski definition) is 4. The average Bonchev–Trinajstić information content (AvgIpc) is 2.72. The molecule has 0 radical (unpaired) electrons. The first-order valence-corrected chi connectivity index (χ1v) is 10.6. The quantitative estimate of drug-likeness (QED) is 0.617. The van der Waals surface area contributed by atoms with E-state index in [-0.39, 0.29) is 25.0 Å². The molecule has 2 aromatic carbocycles. The molecule has 0 aliphatic heterocycles. The summed E-state index contributed by atoms with van der Waals surface area (Å²) in [7, 11) is 1.58. The maximum Gasteiger partial charge on any atom is 0.261 e. The Morgan fingerprint density at radius 3 is 2.23 bits per heavy atom. The standard InChI is InChI=1S/C24H31ClN2O4/c1-6-21(23(29)26-24(2,3)4)27(15-17-9-7-8-10-20(17)25)22(28)16-31-19-13-11-18(30-5)12-14-19/h7-14,21H,6,15-16H2,1-5H3,(H,26,29)/t21-/m1/s1. The molecule has 0 aliphatic rings. The van der Waals surface area contributed by atoms with Gasteiger partial charge in [0.05, 0.1) is 7.11 Å².